The van der Waals surface area contributed by atoms with Crippen molar-refractivity contribution in [3.05, 3.63) is 47.8 Å². The van der Waals surface area contributed by atoms with E-state index in [4.69, 9.17) is 9.15 Å². The number of hydrogen-bond acceptors (Lipinski definition) is 6. The fourth-order valence-corrected chi connectivity index (χ4v) is 4.31. The number of amides is 1. The fraction of sp³-hybridized carbons (Fsp3) is 0.304. The Morgan fingerprint density at radius 3 is 2.33 bits per heavy atom. The number of furan rings is 1. The van der Waals surface area contributed by atoms with Crippen molar-refractivity contribution in [1.82, 2.24) is 5.32 Å². The number of fused-ring (bicyclic) bond motifs is 1. The number of Topliss-reactive ketones (excluding diaryl/α,β-unsaturated/α-hetero) is 1. The topological polar surface area (TPSA) is 106 Å². The van der Waals surface area contributed by atoms with Crippen LogP contribution in [0, 0.1) is 5.82 Å². The van der Waals surface area contributed by atoms with E-state index >= 15 is 0 Å². The van der Waals surface area contributed by atoms with Crippen LogP contribution in [0.3, 0.4) is 0 Å². The SMILES string of the molecule is CNC(=O)c1c(-c2ccc(F)cc2)oc2cc(N(CC(C)=O)S(C)(=O)=O)c(OC(C)C)cc12. The lowest BCUT2D eigenvalue weighted by molar-refractivity contribution is -0.115. The Labute approximate surface area is 191 Å². The van der Waals surface area contributed by atoms with Crippen molar-refractivity contribution in [1.29, 1.82) is 0 Å². The van der Waals surface area contributed by atoms with Gasteiger partial charge in [-0.2, -0.15) is 0 Å². The molecule has 1 N–H and O–H groups in total. The molecule has 3 aromatic rings. The van der Waals surface area contributed by atoms with E-state index in [1.807, 2.05) is 0 Å². The second-order valence-electron chi connectivity index (χ2n) is 7.85. The third-order valence-electron chi connectivity index (χ3n) is 4.73. The highest BCUT2D eigenvalue weighted by atomic mass is 32.2. The smallest absolute Gasteiger partial charge is 0.255 e. The molecular formula is C23H25FN2O6S. The number of ether oxygens (including phenoxy) is 1. The average molecular weight is 477 g/mol. The van der Waals surface area contributed by atoms with E-state index < -0.39 is 28.3 Å². The largest absolute Gasteiger partial charge is 0.489 e. The predicted molar refractivity (Wildman–Crippen MR) is 124 cm³/mol. The zero-order valence-corrected chi connectivity index (χ0v) is 19.7. The highest BCUT2D eigenvalue weighted by Crippen LogP contribution is 2.41. The number of halogens is 1. The lowest BCUT2D eigenvalue weighted by atomic mass is 10.0. The number of rotatable bonds is 8. The molecule has 0 saturated heterocycles. The molecule has 33 heavy (non-hydrogen) atoms. The molecule has 0 aliphatic carbocycles. The van der Waals surface area contributed by atoms with Crippen molar-refractivity contribution in [2.45, 2.75) is 26.9 Å². The summed E-state index contributed by atoms with van der Waals surface area (Å²) >= 11 is 0. The second kappa shape index (κ2) is 9.22. The third kappa shape index (κ3) is 5.16. The lowest BCUT2D eigenvalue weighted by Gasteiger charge is -2.24. The van der Waals surface area contributed by atoms with Crippen molar-refractivity contribution in [3.63, 3.8) is 0 Å². The van der Waals surface area contributed by atoms with Gasteiger partial charge < -0.3 is 14.5 Å². The summed E-state index contributed by atoms with van der Waals surface area (Å²) in [5.74, 6) is -0.900. The first kappa shape index (κ1) is 24.2. The van der Waals surface area contributed by atoms with Gasteiger partial charge in [0.2, 0.25) is 10.0 Å². The third-order valence-corrected chi connectivity index (χ3v) is 5.85. The van der Waals surface area contributed by atoms with Crippen LogP contribution in [0.5, 0.6) is 5.75 Å². The summed E-state index contributed by atoms with van der Waals surface area (Å²) in [4.78, 5) is 24.6. The molecule has 8 nitrogen and oxygen atoms in total. The monoisotopic (exact) mass is 476 g/mol. The summed E-state index contributed by atoms with van der Waals surface area (Å²) in [6.45, 7) is 4.42. The number of sulfonamides is 1. The average Bonchev–Trinajstić information content (AvgIpc) is 3.08. The van der Waals surface area contributed by atoms with Crippen LogP contribution >= 0.6 is 0 Å². The molecule has 0 spiro atoms. The summed E-state index contributed by atoms with van der Waals surface area (Å²) < 4.78 is 51.2. The minimum atomic E-state index is -3.85. The van der Waals surface area contributed by atoms with E-state index in [-0.39, 0.29) is 40.2 Å². The molecule has 1 aromatic heterocycles. The minimum absolute atomic E-state index is 0.108. The molecule has 0 atom stereocenters. The normalized spacial score (nSPS) is 11.6. The first-order valence-electron chi connectivity index (χ1n) is 10.1. The standard InChI is InChI=1S/C23H25FN2O6S/c1-13(2)31-20-10-17-19(11-18(20)26(12-14(3)27)33(5,29)30)32-22(21(17)23(28)25-4)15-6-8-16(24)9-7-15/h6-11,13H,12H2,1-5H3,(H,25,28). The molecule has 0 bridgehead atoms. The van der Waals surface area contributed by atoms with Gasteiger partial charge in [0.25, 0.3) is 5.91 Å². The fourth-order valence-electron chi connectivity index (χ4n) is 3.39. The van der Waals surface area contributed by atoms with E-state index in [0.717, 1.165) is 10.6 Å². The van der Waals surface area contributed by atoms with Gasteiger partial charge in [-0.05, 0) is 51.1 Å². The molecule has 176 valence electrons. The van der Waals surface area contributed by atoms with Gasteiger partial charge in [0.15, 0.2) is 0 Å². The molecule has 1 heterocycles. The van der Waals surface area contributed by atoms with Crippen molar-refractivity contribution in [3.8, 4) is 17.1 Å². The Morgan fingerprint density at radius 2 is 1.82 bits per heavy atom. The molecule has 3 rings (SSSR count). The summed E-state index contributed by atoms with van der Waals surface area (Å²) in [5.41, 5.74) is 0.965. The first-order chi connectivity index (χ1) is 15.4. The molecule has 0 unspecified atom stereocenters. The maximum absolute atomic E-state index is 13.4. The quantitative estimate of drug-likeness (QED) is 0.531. The van der Waals surface area contributed by atoms with Gasteiger partial charge in [0.05, 0.1) is 30.2 Å². The zero-order chi connectivity index (χ0) is 24.5. The summed E-state index contributed by atoms with van der Waals surface area (Å²) in [6.07, 6.45) is 0.660. The van der Waals surface area contributed by atoms with Gasteiger partial charge in [-0.1, -0.05) is 0 Å². The second-order valence-corrected chi connectivity index (χ2v) is 9.75. The van der Waals surface area contributed by atoms with Crippen LogP contribution in [0.15, 0.2) is 40.8 Å². The maximum atomic E-state index is 13.4. The van der Waals surface area contributed by atoms with Gasteiger partial charge >= 0.3 is 0 Å². The lowest BCUT2D eigenvalue weighted by Crippen LogP contribution is -2.34. The Hall–Kier alpha value is -3.40. The van der Waals surface area contributed by atoms with Crippen LogP contribution in [0.4, 0.5) is 10.1 Å². The first-order valence-corrected chi connectivity index (χ1v) is 12.0. The highest BCUT2D eigenvalue weighted by Gasteiger charge is 2.28. The number of anilines is 1. The number of hydrogen-bond donors (Lipinski definition) is 1. The van der Waals surface area contributed by atoms with Gasteiger partial charge in [-0.3, -0.25) is 13.9 Å². The highest BCUT2D eigenvalue weighted by molar-refractivity contribution is 7.92. The number of nitrogens with zero attached hydrogens (tertiary/aromatic N) is 1. The summed E-state index contributed by atoms with van der Waals surface area (Å²) in [6, 6.07) is 8.38. The van der Waals surface area contributed by atoms with Crippen molar-refractivity contribution in [2.75, 3.05) is 24.2 Å². The van der Waals surface area contributed by atoms with Crippen molar-refractivity contribution < 1.29 is 31.6 Å². The summed E-state index contributed by atoms with van der Waals surface area (Å²) in [7, 11) is -2.39. The van der Waals surface area contributed by atoms with E-state index in [1.54, 1.807) is 13.8 Å². The maximum Gasteiger partial charge on any atom is 0.255 e. The van der Waals surface area contributed by atoms with Crippen LogP contribution in [-0.4, -0.2) is 46.1 Å². The zero-order valence-electron chi connectivity index (χ0n) is 18.9. The number of benzene rings is 2. The van der Waals surface area contributed by atoms with E-state index in [0.29, 0.717) is 10.9 Å². The number of ketones is 1. The number of carbonyl (C=O) groups is 2. The molecule has 10 heteroatoms. The van der Waals surface area contributed by atoms with Crippen LogP contribution < -0.4 is 14.4 Å². The summed E-state index contributed by atoms with van der Waals surface area (Å²) in [5, 5.41) is 2.94. The van der Waals surface area contributed by atoms with Gasteiger partial charge in [0.1, 0.15) is 28.7 Å². The molecule has 0 aliphatic heterocycles. The molecule has 0 radical (unpaired) electrons. The molecule has 0 fully saturated rings. The van der Waals surface area contributed by atoms with Crippen LogP contribution in [0.25, 0.3) is 22.3 Å². The Morgan fingerprint density at radius 1 is 1.18 bits per heavy atom. The molecule has 1 amide bonds. The van der Waals surface area contributed by atoms with Gasteiger partial charge in [-0.15, -0.1) is 0 Å². The van der Waals surface area contributed by atoms with Crippen LogP contribution in [-0.2, 0) is 14.8 Å². The molecule has 0 aliphatic rings. The van der Waals surface area contributed by atoms with Crippen molar-refractivity contribution >= 4 is 38.4 Å². The van der Waals surface area contributed by atoms with Crippen LogP contribution in [0.2, 0.25) is 0 Å². The van der Waals surface area contributed by atoms with Gasteiger partial charge in [-0.25, -0.2) is 12.8 Å². The van der Waals surface area contributed by atoms with Crippen LogP contribution in [0.1, 0.15) is 31.1 Å². The van der Waals surface area contributed by atoms with Crippen molar-refractivity contribution in [2.24, 2.45) is 0 Å². The number of nitrogens with one attached hydrogen (secondary N) is 1. The van der Waals surface area contributed by atoms with E-state index in [2.05, 4.69) is 5.32 Å². The predicted octanol–water partition coefficient (Wildman–Crippen LogP) is 3.74. The Balaban J connectivity index is 2.37. The Bertz CT molecular complexity index is 1310. The van der Waals surface area contributed by atoms with E-state index in [1.165, 1.54) is 50.4 Å². The molecular weight excluding hydrogens is 451 g/mol. The van der Waals surface area contributed by atoms with Gasteiger partial charge in [0, 0.05) is 24.1 Å². The molecule has 0 saturated carbocycles. The Kier molecular flexibility index (Phi) is 6.78. The number of carbonyl (C=O) groups excluding carboxylic acids is 2. The molecule has 2 aromatic carbocycles. The minimum Gasteiger partial charge on any atom is -0.489 e. The van der Waals surface area contributed by atoms with E-state index in [9.17, 15) is 22.4 Å².